The summed E-state index contributed by atoms with van der Waals surface area (Å²) >= 11 is 3.54. The molecule has 4 rings (SSSR count). The van der Waals surface area contributed by atoms with Gasteiger partial charge in [0.05, 0.1) is 31.7 Å². The van der Waals surface area contributed by atoms with Crippen molar-refractivity contribution in [2.75, 3.05) is 21.3 Å². The zero-order chi connectivity index (χ0) is 21.4. The van der Waals surface area contributed by atoms with Crippen molar-refractivity contribution in [3.63, 3.8) is 0 Å². The van der Waals surface area contributed by atoms with Crippen LogP contribution >= 0.6 is 15.9 Å². The number of nitrogens with two attached hydrogens (primary N) is 1. The van der Waals surface area contributed by atoms with E-state index in [0.717, 1.165) is 21.9 Å². The highest BCUT2D eigenvalue weighted by Gasteiger charge is 2.34. The van der Waals surface area contributed by atoms with E-state index in [4.69, 9.17) is 24.7 Å². The molecule has 0 aromatic heterocycles. The molecule has 1 aliphatic heterocycles. The molecule has 1 aliphatic rings. The molecule has 1 unspecified atom stereocenters. The largest absolute Gasteiger partial charge is 0.496 e. The van der Waals surface area contributed by atoms with Gasteiger partial charge in [-0.25, -0.2) is 0 Å². The van der Waals surface area contributed by atoms with Gasteiger partial charge in [-0.3, -0.25) is 0 Å². The molecule has 0 fully saturated rings. The summed E-state index contributed by atoms with van der Waals surface area (Å²) in [6, 6.07) is 15.6. The van der Waals surface area contributed by atoms with Crippen LogP contribution in [0.1, 0.15) is 17.0 Å². The van der Waals surface area contributed by atoms with Crippen LogP contribution < -0.4 is 24.7 Å². The monoisotopic (exact) mass is 466 g/mol. The maximum absolute atomic E-state index is 9.89. The van der Waals surface area contributed by atoms with Gasteiger partial charge in [-0.05, 0) is 39.7 Å². The topological polar surface area (TPSA) is 86.7 Å². The standard InChI is InChI=1S/C23H19BrN2O4/c1-27-18-10-15-20(12-8-17(24)22(29-3)19(9-12)28-2)16(11-25)23(26)30-21(15)14-7-5-4-6-13(14)18/h4-10,20H,26H2,1-3H3. The fourth-order valence-corrected chi connectivity index (χ4v) is 4.49. The van der Waals surface area contributed by atoms with Gasteiger partial charge in [-0.15, -0.1) is 0 Å². The first-order valence-corrected chi connectivity index (χ1v) is 9.92. The minimum atomic E-state index is -0.464. The lowest BCUT2D eigenvalue weighted by molar-refractivity contribution is 0.352. The van der Waals surface area contributed by atoms with E-state index in [2.05, 4.69) is 22.0 Å². The molecule has 0 amide bonds. The summed E-state index contributed by atoms with van der Waals surface area (Å²) in [6.07, 6.45) is 0. The second kappa shape index (κ2) is 7.81. The Morgan fingerprint density at radius 3 is 2.33 bits per heavy atom. The lowest BCUT2D eigenvalue weighted by atomic mass is 9.82. The van der Waals surface area contributed by atoms with Gasteiger partial charge in [-0.2, -0.15) is 5.26 Å². The summed E-state index contributed by atoms with van der Waals surface area (Å²) in [5, 5.41) is 11.6. The molecular formula is C23H19BrN2O4. The molecule has 0 saturated heterocycles. The summed E-state index contributed by atoms with van der Waals surface area (Å²) < 4.78 is 23.2. The number of hydrogen-bond donors (Lipinski definition) is 1. The number of fused-ring (bicyclic) bond motifs is 3. The highest BCUT2D eigenvalue weighted by atomic mass is 79.9. The average Bonchev–Trinajstić information content (AvgIpc) is 2.77. The number of methoxy groups -OCH3 is 3. The molecule has 6 nitrogen and oxygen atoms in total. The normalized spacial score (nSPS) is 15.2. The van der Waals surface area contributed by atoms with E-state index in [9.17, 15) is 5.26 Å². The van der Waals surface area contributed by atoms with Gasteiger partial charge in [0.1, 0.15) is 23.1 Å². The number of allylic oxidation sites excluding steroid dienone is 1. The van der Waals surface area contributed by atoms with E-state index >= 15 is 0 Å². The van der Waals surface area contributed by atoms with Crippen LogP contribution in [0, 0.1) is 11.3 Å². The predicted molar refractivity (Wildman–Crippen MR) is 117 cm³/mol. The molecule has 7 heteroatoms. The van der Waals surface area contributed by atoms with Crippen molar-refractivity contribution in [3.8, 4) is 29.1 Å². The van der Waals surface area contributed by atoms with Crippen LogP contribution in [0.25, 0.3) is 10.8 Å². The van der Waals surface area contributed by atoms with Gasteiger partial charge in [0.25, 0.3) is 0 Å². The third-order valence-electron chi connectivity index (χ3n) is 5.19. The van der Waals surface area contributed by atoms with E-state index in [1.54, 1.807) is 21.3 Å². The van der Waals surface area contributed by atoms with E-state index in [1.807, 2.05) is 42.5 Å². The smallest absolute Gasteiger partial charge is 0.205 e. The summed E-state index contributed by atoms with van der Waals surface area (Å²) in [6.45, 7) is 0. The highest BCUT2D eigenvalue weighted by Crippen LogP contribution is 2.50. The molecule has 30 heavy (non-hydrogen) atoms. The lowest BCUT2D eigenvalue weighted by Crippen LogP contribution is -2.21. The molecule has 0 radical (unpaired) electrons. The minimum Gasteiger partial charge on any atom is -0.496 e. The van der Waals surface area contributed by atoms with Crippen LogP contribution in [0.4, 0.5) is 0 Å². The fraction of sp³-hybridized carbons (Fsp3) is 0.174. The number of benzene rings is 3. The van der Waals surface area contributed by atoms with Gasteiger partial charge in [0, 0.05) is 16.3 Å². The molecule has 0 aliphatic carbocycles. The van der Waals surface area contributed by atoms with Gasteiger partial charge < -0.3 is 24.7 Å². The quantitative estimate of drug-likeness (QED) is 0.591. The summed E-state index contributed by atoms with van der Waals surface area (Å²) in [5.41, 5.74) is 8.11. The Hall–Kier alpha value is -3.37. The van der Waals surface area contributed by atoms with Crippen LogP contribution in [-0.2, 0) is 0 Å². The van der Waals surface area contributed by atoms with Crippen LogP contribution in [-0.4, -0.2) is 21.3 Å². The van der Waals surface area contributed by atoms with Gasteiger partial charge in [-0.1, -0.05) is 24.3 Å². The second-order valence-corrected chi connectivity index (χ2v) is 7.56. The van der Waals surface area contributed by atoms with Crippen molar-refractivity contribution in [1.82, 2.24) is 0 Å². The van der Waals surface area contributed by atoms with Crippen molar-refractivity contribution in [2.24, 2.45) is 5.73 Å². The summed E-state index contributed by atoms with van der Waals surface area (Å²) in [5.74, 6) is 2.03. The number of rotatable bonds is 4. The third kappa shape index (κ3) is 3.01. The Balaban J connectivity index is 2.05. The first kappa shape index (κ1) is 19.9. The van der Waals surface area contributed by atoms with Gasteiger partial charge in [0.2, 0.25) is 5.88 Å². The Bertz CT molecular complexity index is 1230. The molecule has 3 aromatic rings. The Morgan fingerprint density at radius 1 is 1.00 bits per heavy atom. The van der Waals surface area contributed by atoms with Crippen molar-refractivity contribution in [2.45, 2.75) is 5.92 Å². The lowest BCUT2D eigenvalue weighted by Gasteiger charge is -2.28. The van der Waals surface area contributed by atoms with E-state index in [1.165, 1.54) is 0 Å². The van der Waals surface area contributed by atoms with Crippen LogP contribution in [0.5, 0.6) is 23.0 Å². The zero-order valence-electron chi connectivity index (χ0n) is 16.7. The first-order chi connectivity index (χ1) is 14.5. The van der Waals surface area contributed by atoms with E-state index < -0.39 is 5.92 Å². The van der Waals surface area contributed by atoms with Crippen LogP contribution in [0.15, 0.2) is 58.4 Å². The minimum absolute atomic E-state index is 0.0798. The maximum atomic E-state index is 9.89. The second-order valence-electron chi connectivity index (χ2n) is 6.71. The Kier molecular flexibility index (Phi) is 5.18. The highest BCUT2D eigenvalue weighted by molar-refractivity contribution is 9.10. The molecule has 0 bridgehead atoms. The number of halogens is 1. The number of hydrogen-bond acceptors (Lipinski definition) is 6. The molecule has 2 N–H and O–H groups in total. The van der Waals surface area contributed by atoms with Crippen molar-refractivity contribution in [1.29, 1.82) is 5.26 Å². The van der Waals surface area contributed by atoms with Gasteiger partial charge in [0.15, 0.2) is 11.5 Å². The molecular weight excluding hydrogens is 448 g/mol. The zero-order valence-corrected chi connectivity index (χ0v) is 18.2. The molecule has 0 spiro atoms. The molecule has 3 aromatic carbocycles. The number of nitrogens with zero attached hydrogens (tertiary/aromatic N) is 1. The first-order valence-electron chi connectivity index (χ1n) is 9.12. The van der Waals surface area contributed by atoms with E-state index in [0.29, 0.717) is 33.0 Å². The molecule has 152 valence electrons. The maximum Gasteiger partial charge on any atom is 0.205 e. The Morgan fingerprint density at radius 2 is 1.70 bits per heavy atom. The molecule has 1 atom stereocenters. The fourth-order valence-electron chi connectivity index (χ4n) is 3.87. The molecule has 0 saturated carbocycles. The average molecular weight is 467 g/mol. The number of ether oxygens (including phenoxy) is 4. The van der Waals surface area contributed by atoms with Crippen LogP contribution in [0.3, 0.4) is 0 Å². The van der Waals surface area contributed by atoms with Crippen molar-refractivity contribution >= 4 is 26.7 Å². The predicted octanol–water partition coefficient (Wildman–Crippen LogP) is 4.85. The van der Waals surface area contributed by atoms with Crippen molar-refractivity contribution < 1.29 is 18.9 Å². The van der Waals surface area contributed by atoms with Gasteiger partial charge >= 0.3 is 0 Å². The Labute approximate surface area is 182 Å². The number of nitriles is 1. The summed E-state index contributed by atoms with van der Waals surface area (Å²) in [7, 11) is 4.76. The third-order valence-corrected chi connectivity index (χ3v) is 5.78. The SMILES string of the molecule is COc1cc(C2C(C#N)=C(N)Oc3c2cc(OC)c2ccccc32)cc(Br)c1OC. The summed E-state index contributed by atoms with van der Waals surface area (Å²) in [4.78, 5) is 0. The van der Waals surface area contributed by atoms with E-state index in [-0.39, 0.29) is 5.88 Å². The van der Waals surface area contributed by atoms with Crippen LogP contribution in [0.2, 0.25) is 0 Å². The molecule has 1 heterocycles. The van der Waals surface area contributed by atoms with Crippen molar-refractivity contribution in [3.05, 3.63) is 69.5 Å².